The quantitative estimate of drug-likeness (QED) is 0.473. The third-order valence-corrected chi connectivity index (χ3v) is 6.45. The SMILES string of the molecule is Cc1c(-c2ccccc2)c(-c2cccc(F)c2F)nn1CC1CCC(COCC(=O)O)CC1. The highest BCUT2D eigenvalue weighted by molar-refractivity contribution is 5.83. The molecule has 0 atom stereocenters. The van der Waals surface area contributed by atoms with Crippen molar-refractivity contribution in [1.29, 1.82) is 0 Å². The summed E-state index contributed by atoms with van der Waals surface area (Å²) in [6.07, 6.45) is 3.93. The van der Waals surface area contributed by atoms with E-state index in [0.29, 0.717) is 30.7 Å². The summed E-state index contributed by atoms with van der Waals surface area (Å²) in [4.78, 5) is 10.6. The predicted octanol–water partition coefficient (Wildman–Crippen LogP) is 5.71. The standard InChI is InChI=1S/C26H28F2N2O3/c1-17-24(20-6-3-2-4-7-20)26(21-8-5-9-22(27)25(21)28)29-30(17)14-18-10-12-19(13-11-18)15-33-16-23(31)32/h2-9,18-19H,10-16H2,1H3,(H,31,32). The van der Waals surface area contributed by atoms with Gasteiger partial charge in [0.1, 0.15) is 12.3 Å². The summed E-state index contributed by atoms with van der Waals surface area (Å²) in [6, 6.07) is 13.9. The van der Waals surface area contributed by atoms with Crippen LogP contribution in [0.4, 0.5) is 8.78 Å². The van der Waals surface area contributed by atoms with E-state index in [1.165, 1.54) is 6.07 Å². The monoisotopic (exact) mass is 454 g/mol. The largest absolute Gasteiger partial charge is 0.480 e. The van der Waals surface area contributed by atoms with Crippen LogP contribution in [0, 0.1) is 30.4 Å². The molecule has 1 saturated carbocycles. The van der Waals surface area contributed by atoms with Crippen LogP contribution in [0.25, 0.3) is 22.4 Å². The molecule has 5 nitrogen and oxygen atoms in total. The first kappa shape index (κ1) is 23.1. The molecular weight excluding hydrogens is 426 g/mol. The minimum Gasteiger partial charge on any atom is -0.480 e. The lowest BCUT2D eigenvalue weighted by Crippen LogP contribution is -2.23. The molecule has 1 aromatic heterocycles. The molecule has 2 aromatic carbocycles. The van der Waals surface area contributed by atoms with Crippen LogP contribution in [-0.4, -0.2) is 34.1 Å². The number of aromatic nitrogens is 2. The number of ether oxygens (including phenoxy) is 1. The van der Waals surface area contributed by atoms with Gasteiger partial charge in [-0.05, 0) is 62.1 Å². The molecule has 0 spiro atoms. The fourth-order valence-corrected chi connectivity index (χ4v) is 4.69. The zero-order chi connectivity index (χ0) is 23.4. The second-order valence-electron chi connectivity index (χ2n) is 8.75. The van der Waals surface area contributed by atoms with Crippen LogP contribution < -0.4 is 0 Å². The summed E-state index contributed by atoms with van der Waals surface area (Å²) in [6.45, 7) is 2.89. The van der Waals surface area contributed by atoms with Gasteiger partial charge in [0.25, 0.3) is 0 Å². The first-order valence-corrected chi connectivity index (χ1v) is 11.3. The summed E-state index contributed by atoms with van der Waals surface area (Å²) in [5.74, 6) is -1.94. The van der Waals surface area contributed by atoms with E-state index in [2.05, 4.69) is 0 Å². The number of rotatable bonds is 8. The molecule has 1 N–H and O–H groups in total. The first-order valence-electron chi connectivity index (χ1n) is 11.3. The van der Waals surface area contributed by atoms with Gasteiger partial charge in [-0.25, -0.2) is 13.6 Å². The number of carbonyl (C=O) groups is 1. The lowest BCUT2D eigenvalue weighted by molar-refractivity contribution is -0.142. The molecule has 0 saturated heterocycles. The van der Waals surface area contributed by atoms with E-state index >= 15 is 0 Å². The van der Waals surface area contributed by atoms with Crippen molar-refractivity contribution in [2.75, 3.05) is 13.2 Å². The smallest absolute Gasteiger partial charge is 0.329 e. The van der Waals surface area contributed by atoms with E-state index in [1.54, 1.807) is 6.07 Å². The van der Waals surface area contributed by atoms with Crippen LogP contribution in [0.5, 0.6) is 0 Å². The van der Waals surface area contributed by atoms with Gasteiger partial charge in [-0.1, -0.05) is 36.4 Å². The van der Waals surface area contributed by atoms with Gasteiger partial charge < -0.3 is 9.84 Å². The van der Waals surface area contributed by atoms with E-state index in [1.807, 2.05) is 41.9 Å². The summed E-state index contributed by atoms with van der Waals surface area (Å²) < 4.78 is 35.9. The molecule has 0 unspecified atom stereocenters. The van der Waals surface area contributed by atoms with E-state index in [0.717, 1.165) is 48.6 Å². The highest BCUT2D eigenvalue weighted by Gasteiger charge is 2.26. The van der Waals surface area contributed by atoms with Gasteiger partial charge in [0, 0.05) is 23.4 Å². The van der Waals surface area contributed by atoms with Crippen molar-refractivity contribution in [2.45, 2.75) is 39.2 Å². The van der Waals surface area contributed by atoms with Crippen molar-refractivity contribution in [1.82, 2.24) is 9.78 Å². The third-order valence-electron chi connectivity index (χ3n) is 6.45. The minimum atomic E-state index is -0.947. The van der Waals surface area contributed by atoms with Gasteiger partial charge in [0.15, 0.2) is 11.6 Å². The molecule has 1 heterocycles. The molecule has 0 amide bonds. The third kappa shape index (κ3) is 5.30. The normalized spacial score (nSPS) is 18.4. The number of aliphatic carboxylic acids is 1. The molecule has 174 valence electrons. The van der Waals surface area contributed by atoms with Gasteiger partial charge in [0.05, 0.1) is 6.61 Å². The number of halogens is 2. The second-order valence-corrected chi connectivity index (χ2v) is 8.75. The maximum Gasteiger partial charge on any atom is 0.329 e. The molecular formula is C26H28F2N2O3. The molecule has 1 aliphatic rings. The van der Waals surface area contributed by atoms with Gasteiger partial charge in [-0.3, -0.25) is 4.68 Å². The summed E-state index contributed by atoms with van der Waals surface area (Å²) in [7, 11) is 0. The number of hydrogen-bond donors (Lipinski definition) is 1. The van der Waals surface area contributed by atoms with Crippen LogP contribution in [0.2, 0.25) is 0 Å². The Morgan fingerprint density at radius 3 is 2.45 bits per heavy atom. The van der Waals surface area contributed by atoms with Crippen LogP contribution in [0.1, 0.15) is 31.4 Å². The first-order chi connectivity index (χ1) is 15.9. The summed E-state index contributed by atoms with van der Waals surface area (Å²) in [5, 5.41) is 13.5. The van der Waals surface area contributed by atoms with Crippen LogP contribution in [-0.2, 0) is 16.1 Å². The molecule has 0 bridgehead atoms. The highest BCUT2D eigenvalue weighted by atomic mass is 19.2. The number of nitrogens with zero attached hydrogens (tertiary/aromatic N) is 2. The van der Waals surface area contributed by atoms with Crippen LogP contribution in [0.3, 0.4) is 0 Å². The van der Waals surface area contributed by atoms with Gasteiger partial charge >= 0.3 is 5.97 Å². The molecule has 33 heavy (non-hydrogen) atoms. The fourth-order valence-electron chi connectivity index (χ4n) is 4.69. The number of benzene rings is 2. The van der Waals surface area contributed by atoms with Crippen molar-refractivity contribution in [3.8, 4) is 22.4 Å². The van der Waals surface area contributed by atoms with Crippen LogP contribution >= 0.6 is 0 Å². The van der Waals surface area contributed by atoms with E-state index in [9.17, 15) is 13.6 Å². The minimum absolute atomic E-state index is 0.162. The number of carboxylic acid groups (broad SMARTS) is 1. The van der Waals surface area contributed by atoms with Crippen LogP contribution in [0.15, 0.2) is 48.5 Å². The zero-order valence-corrected chi connectivity index (χ0v) is 18.6. The van der Waals surface area contributed by atoms with E-state index in [-0.39, 0.29) is 12.2 Å². The predicted molar refractivity (Wildman–Crippen MR) is 122 cm³/mol. The Hall–Kier alpha value is -3.06. The number of hydrogen-bond acceptors (Lipinski definition) is 3. The highest BCUT2D eigenvalue weighted by Crippen LogP contribution is 2.37. The molecule has 4 rings (SSSR count). The van der Waals surface area contributed by atoms with Crippen molar-refractivity contribution in [3.05, 3.63) is 65.9 Å². The Balaban J connectivity index is 1.56. The molecule has 0 aliphatic heterocycles. The Labute approximate surface area is 192 Å². The molecule has 0 radical (unpaired) electrons. The van der Waals surface area contributed by atoms with Crippen molar-refractivity contribution >= 4 is 5.97 Å². The Bertz CT molecular complexity index is 1110. The van der Waals surface area contributed by atoms with Crippen molar-refractivity contribution in [2.24, 2.45) is 11.8 Å². The average Bonchev–Trinajstić information content (AvgIpc) is 3.13. The molecule has 1 aliphatic carbocycles. The Kier molecular flexibility index (Phi) is 7.18. The molecule has 7 heteroatoms. The zero-order valence-electron chi connectivity index (χ0n) is 18.6. The van der Waals surface area contributed by atoms with Crippen molar-refractivity contribution in [3.63, 3.8) is 0 Å². The molecule has 1 fully saturated rings. The number of carboxylic acids is 1. The maximum absolute atomic E-state index is 14.7. The van der Waals surface area contributed by atoms with Gasteiger partial charge in [0.2, 0.25) is 0 Å². The second kappa shape index (κ2) is 10.3. The Morgan fingerprint density at radius 1 is 1.06 bits per heavy atom. The lowest BCUT2D eigenvalue weighted by Gasteiger charge is -2.28. The van der Waals surface area contributed by atoms with E-state index in [4.69, 9.17) is 14.9 Å². The topological polar surface area (TPSA) is 64.4 Å². The Morgan fingerprint density at radius 2 is 1.76 bits per heavy atom. The fraction of sp³-hybridized carbons (Fsp3) is 0.385. The van der Waals surface area contributed by atoms with Gasteiger partial charge in [-0.15, -0.1) is 0 Å². The lowest BCUT2D eigenvalue weighted by atomic mass is 9.82. The molecule has 3 aromatic rings. The summed E-state index contributed by atoms with van der Waals surface area (Å²) in [5.41, 5.74) is 3.27. The average molecular weight is 455 g/mol. The van der Waals surface area contributed by atoms with Crippen molar-refractivity contribution < 1.29 is 23.4 Å². The summed E-state index contributed by atoms with van der Waals surface area (Å²) >= 11 is 0. The van der Waals surface area contributed by atoms with E-state index < -0.39 is 17.6 Å². The maximum atomic E-state index is 14.7. The van der Waals surface area contributed by atoms with Gasteiger partial charge in [-0.2, -0.15) is 5.10 Å².